The van der Waals surface area contributed by atoms with Gasteiger partial charge in [0.2, 0.25) is 0 Å². The number of benzene rings is 1. The number of carbonyl (C=O) groups is 1. The van der Waals surface area contributed by atoms with Crippen molar-refractivity contribution in [2.75, 3.05) is 13.1 Å². The van der Waals surface area contributed by atoms with Crippen LogP contribution in [0.5, 0.6) is 0 Å². The van der Waals surface area contributed by atoms with E-state index in [0.29, 0.717) is 6.54 Å². The van der Waals surface area contributed by atoms with Gasteiger partial charge in [0.1, 0.15) is 0 Å². The van der Waals surface area contributed by atoms with Gasteiger partial charge in [-0.15, -0.1) is 11.3 Å². The Hall–Kier alpha value is -1.45. The molecule has 0 aliphatic carbocycles. The predicted octanol–water partition coefficient (Wildman–Crippen LogP) is 4.00. The molecule has 0 amide bonds. The van der Waals surface area contributed by atoms with E-state index in [1.54, 1.807) is 11.3 Å². The van der Waals surface area contributed by atoms with Crippen LogP contribution >= 0.6 is 11.3 Å². The minimum absolute atomic E-state index is 0.260. The summed E-state index contributed by atoms with van der Waals surface area (Å²) in [5.74, 6) is 0.260. The number of fused-ring (bicyclic) bond motifs is 1. The van der Waals surface area contributed by atoms with Gasteiger partial charge < -0.3 is 0 Å². The lowest BCUT2D eigenvalue weighted by Gasteiger charge is -2.19. The first-order chi connectivity index (χ1) is 10.1. The van der Waals surface area contributed by atoms with Crippen LogP contribution in [0.25, 0.3) is 0 Å². The van der Waals surface area contributed by atoms with Crippen molar-refractivity contribution in [2.24, 2.45) is 0 Å². The van der Waals surface area contributed by atoms with Gasteiger partial charge in [-0.25, -0.2) is 0 Å². The normalized spacial score (nSPS) is 15.5. The Kier molecular flexibility index (Phi) is 4.22. The summed E-state index contributed by atoms with van der Waals surface area (Å²) >= 11 is 1.71. The molecule has 0 saturated carbocycles. The number of nitrogens with zero attached hydrogens (tertiary/aromatic N) is 1. The fourth-order valence-electron chi connectivity index (χ4n) is 3.10. The van der Waals surface area contributed by atoms with Crippen molar-refractivity contribution in [3.8, 4) is 0 Å². The summed E-state index contributed by atoms with van der Waals surface area (Å²) < 4.78 is 0. The number of aryl methyl sites for hydroxylation is 3. The van der Waals surface area contributed by atoms with E-state index in [1.165, 1.54) is 16.0 Å². The lowest BCUT2D eigenvalue weighted by Crippen LogP contribution is -2.29. The van der Waals surface area contributed by atoms with E-state index in [9.17, 15) is 4.79 Å². The molecule has 0 radical (unpaired) electrons. The van der Waals surface area contributed by atoms with Crippen molar-refractivity contribution in [2.45, 2.75) is 33.2 Å². The van der Waals surface area contributed by atoms with Crippen LogP contribution < -0.4 is 0 Å². The molecule has 110 valence electrons. The van der Waals surface area contributed by atoms with E-state index in [1.807, 2.05) is 13.0 Å². The molecular weight excluding hydrogens is 278 g/mol. The third-order valence-electron chi connectivity index (χ3n) is 4.14. The Morgan fingerprint density at radius 3 is 2.71 bits per heavy atom. The molecule has 1 aliphatic heterocycles. The third kappa shape index (κ3) is 3.25. The second kappa shape index (κ2) is 6.12. The Bertz CT molecular complexity index is 659. The van der Waals surface area contributed by atoms with Gasteiger partial charge >= 0.3 is 0 Å². The van der Waals surface area contributed by atoms with Gasteiger partial charge in [0.05, 0.1) is 6.54 Å². The number of rotatable bonds is 3. The first-order valence-corrected chi connectivity index (χ1v) is 8.34. The zero-order valence-electron chi connectivity index (χ0n) is 12.7. The summed E-state index contributed by atoms with van der Waals surface area (Å²) in [5.41, 5.74) is 3.73. The highest BCUT2D eigenvalue weighted by Gasteiger charge is 2.19. The minimum Gasteiger partial charge on any atom is -0.293 e. The van der Waals surface area contributed by atoms with Crippen molar-refractivity contribution >= 4 is 17.1 Å². The average Bonchev–Trinajstić information content (AvgIpc) is 2.68. The van der Waals surface area contributed by atoms with Crippen LogP contribution in [0.4, 0.5) is 0 Å². The van der Waals surface area contributed by atoms with Crippen LogP contribution in [-0.2, 0) is 13.0 Å². The van der Waals surface area contributed by atoms with Crippen LogP contribution in [0, 0.1) is 13.8 Å². The molecule has 0 atom stereocenters. The van der Waals surface area contributed by atoms with Crippen LogP contribution in [0.3, 0.4) is 0 Å². The summed E-state index contributed by atoms with van der Waals surface area (Å²) in [6.07, 6.45) is 2.25. The second-order valence-electron chi connectivity index (χ2n) is 5.83. The molecular formula is C18H21NOS. The molecule has 2 aromatic rings. The van der Waals surface area contributed by atoms with E-state index >= 15 is 0 Å². The molecule has 0 N–H and O–H groups in total. The molecule has 0 saturated heterocycles. The number of thiophene rings is 1. The molecule has 2 heterocycles. The fourth-order valence-corrected chi connectivity index (χ4v) is 4.04. The first kappa shape index (κ1) is 14.5. The maximum Gasteiger partial charge on any atom is 0.177 e. The summed E-state index contributed by atoms with van der Waals surface area (Å²) in [5, 5.41) is 0. The van der Waals surface area contributed by atoms with Crippen molar-refractivity contribution in [3.05, 3.63) is 56.8 Å². The lowest BCUT2D eigenvalue weighted by molar-refractivity contribution is 0.0926. The lowest BCUT2D eigenvalue weighted by atomic mass is 10.0. The fraction of sp³-hybridized carbons (Fsp3) is 0.389. The monoisotopic (exact) mass is 299 g/mol. The van der Waals surface area contributed by atoms with Gasteiger partial charge in [0, 0.05) is 21.9 Å². The smallest absolute Gasteiger partial charge is 0.177 e. The molecule has 1 aromatic carbocycles. The van der Waals surface area contributed by atoms with Crippen LogP contribution in [0.2, 0.25) is 0 Å². The summed E-state index contributed by atoms with van der Waals surface area (Å²) in [6.45, 7) is 6.54. The van der Waals surface area contributed by atoms with Crippen LogP contribution in [0.15, 0.2) is 30.3 Å². The molecule has 0 fully saturated rings. The Morgan fingerprint density at radius 2 is 2.00 bits per heavy atom. The molecule has 0 unspecified atom stereocenters. The molecule has 3 heteroatoms. The highest BCUT2D eigenvalue weighted by Crippen LogP contribution is 2.23. The molecule has 21 heavy (non-hydrogen) atoms. The molecule has 2 nitrogen and oxygen atoms in total. The van der Waals surface area contributed by atoms with Gasteiger partial charge in [-0.3, -0.25) is 9.69 Å². The SMILES string of the molecule is Cc1cc(C(=O)CN2CCCc3ccccc3C2)c(C)s1. The highest BCUT2D eigenvalue weighted by atomic mass is 32.1. The van der Waals surface area contributed by atoms with E-state index in [0.717, 1.165) is 36.4 Å². The zero-order valence-corrected chi connectivity index (χ0v) is 13.5. The van der Waals surface area contributed by atoms with Crippen molar-refractivity contribution in [1.82, 2.24) is 4.90 Å². The highest BCUT2D eigenvalue weighted by molar-refractivity contribution is 7.12. The largest absolute Gasteiger partial charge is 0.293 e. The number of hydrogen-bond acceptors (Lipinski definition) is 3. The van der Waals surface area contributed by atoms with Gasteiger partial charge in [-0.1, -0.05) is 24.3 Å². The zero-order chi connectivity index (χ0) is 14.8. The first-order valence-electron chi connectivity index (χ1n) is 7.53. The third-order valence-corrected chi connectivity index (χ3v) is 5.11. The summed E-state index contributed by atoms with van der Waals surface area (Å²) in [4.78, 5) is 17.2. The van der Waals surface area contributed by atoms with Crippen molar-refractivity contribution in [3.63, 3.8) is 0 Å². The van der Waals surface area contributed by atoms with Crippen LogP contribution in [0.1, 0.15) is 37.7 Å². The Balaban J connectivity index is 1.73. The molecule has 0 spiro atoms. The summed E-state index contributed by atoms with van der Waals surface area (Å²) in [7, 11) is 0. The summed E-state index contributed by atoms with van der Waals surface area (Å²) in [6, 6.07) is 10.6. The molecule has 0 bridgehead atoms. The van der Waals surface area contributed by atoms with E-state index < -0.39 is 0 Å². The van der Waals surface area contributed by atoms with E-state index in [4.69, 9.17) is 0 Å². The quantitative estimate of drug-likeness (QED) is 0.799. The standard InChI is InChI=1S/C18H21NOS/c1-13-10-17(14(2)21-13)18(20)12-19-9-5-8-15-6-3-4-7-16(15)11-19/h3-4,6-7,10H,5,8-9,11-12H2,1-2H3. The predicted molar refractivity (Wildman–Crippen MR) is 88.2 cm³/mol. The topological polar surface area (TPSA) is 20.3 Å². The van der Waals surface area contributed by atoms with Gasteiger partial charge in [-0.2, -0.15) is 0 Å². The maximum absolute atomic E-state index is 12.5. The van der Waals surface area contributed by atoms with Crippen molar-refractivity contribution < 1.29 is 4.79 Å². The van der Waals surface area contributed by atoms with Gasteiger partial charge in [0.25, 0.3) is 0 Å². The van der Waals surface area contributed by atoms with Crippen LogP contribution in [-0.4, -0.2) is 23.8 Å². The van der Waals surface area contributed by atoms with E-state index in [2.05, 4.69) is 36.1 Å². The van der Waals surface area contributed by atoms with Crippen molar-refractivity contribution in [1.29, 1.82) is 0 Å². The Labute approximate surface area is 130 Å². The molecule has 3 rings (SSSR count). The van der Waals surface area contributed by atoms with Gasteiger partial charge in [0.15, 0.2) is 5.78 Å². The number of ketones is 1. The maximum atomic E-state index is 12.5. The number of carbonyl (C=O) groups excluding carboxylic acids is 1. The second-order valence-corrected chi connectivity index (χ2v) is 7.29. The minimum atomic E-state index is 0.260. The number of hydrogen-bond donors (Lipinski definition) is 0. The Morgan fingerprint density at radius 1 is 1.24 bits per heavy atom. The van der Waals surface area contributed by atoms with Gasteiger partial charge in [-0.05, 0) is 50.4 Å². The average molecular weight is 299 g/mol. The molecule has 1 aliphatic rings. The molecule has 1 aromatic heterocycles. The number of Topliss-reactive ketones (excluding diaryl/α,β-unsaturated/α-hetero) is 1. The van der Waals surface area contributed by atoms with E-state index in [-0.39, 0.29) is 5.78 Å².